The number of hydrogen-bond acceptors (Lipinski definition) is 24. The zero-order valence-electron chi connectivity index (χ0n) is 65.3. The molecule has 630 valence electrons. The second-order valence-electron chi connectivity index (χ2n) is 28.5. The maximum absolute atomic E-state index is 15.1. The van der Waals surface area contributed by atoms with Crippen LogP contribution in [0.1, 0.15) is 114 Å². The van der Waals surface area contributed by atoms with Crippen LogP contribution in [-0.4, -0.2) is 310 Å². The number of ether oxygens (including phenoxy) is 3. The number of nitrogens with zero attached hydrogens (tertiary/aromatic N) is 4. The molecule has 0 aliphatic carbocycles. The van der Waals surface area contributed by atoms with Gasteiger partial charge >= 0.3 is 5.97 Å². The SMILES string of the molecule is CCCC[C@H](NC(=O)CCC(=O)NCCCOCCOCCOCCCNC(=O)CN1CCN(C(=O)C(CNCCN)CNCCN)CC1)C(=O)N[C@H]1CSCc2cccc(c2)CSCC(C(=O)O)NC(=O)[C@H](Cc2ccccc2)NC(=O)[C@H](CCC(N)=O)NC(=O)[C@H]([C@@H](C)O)NC(=O)[C@@H]2CCCN2C(=O)[C@@H]2CCCN2C1=O. The summed E-state index contributed by atoms with van der Waals surface area (Å²) in [6.45, 7) is 12.0. The fourth-order valence-corrected chi connectivity index (χ4v) is 15.3. The summed E-state index contributed by atoms with van der Waals surface area (Å²) in [5, 5.41) is 49.5. The summed E-state index contributed by atoms with van der Waals surface area (Å²) in [5.41, 5.74) is 18.9. The second-order valence-corrected chi connectivity index (χ2v) is 30.6. The molecule has 3 saturated heterocycles. The summed E-state index contributed by atoms with van der Waals surface area (Å²) >= 11 is 2.54. The Hall–Kier alpha value is -8.11. The van der Waals surface area contributed by atoms with E-state index in [0.29, 0.717) is 167 Å². The highest BCUT2D eigenvalue weighted by Gasteiger charge is 2.45. The van der Waals surface area contributed by atoms with Crippen molar-refractivity contribution in [2.45, 2.75) is 170 Å². The van der Waals surface area contributed by atoms with E-state index < -0.39 is 120 Å². The monoisotopic (exact) mass is 1620 g/mol. The Kier molecular flexibility index (Phi) is 43.5. The minimum Gasteiger partial charge on any atom is -0.480 e. The van der Waals surface area contributed by atoms with E-state index in [9.17, 15) is 67.7 Å². The molecule has 12 amide bonds. The molecule has 1 unspecified atom stereocenters. The zero-order chi connectivity index (χ0) is 81.9. The molecule has 2 aromatic carbocycles. The zero-order valence-corrected chi connectivity index (χ0v) is 66.9. The van der Waals surface area contributed by atoms with Gasteiger partial charge in [-0.15, -0.1) is 0 Å². The highest BCUT2D eigenvalue weighted by Crippen LogP contribution is 2.28. The van der Waals surface area contributed by atoms with Gasteiger partial charge in [-0.1, -0.05) is 74.4 Å². The first-order valence-electron chi connectivity index (χ1n) is 39.5. The van der Waals surface area contributed by atoms with Gasteiger partial charge in [-0.05, 0) is 75.0 Å². The number of nitrogens with one attached hydrogen (secondary N) is 10. The van der Waals surface area contributed by atoms with Gasteiger partial charge < -0.3 is 109 Å². The Morgan fingerprint density at radius 3 is 1.80 bits per heavy atom. The molecule has 0 aromatic heterocycles. The van der Waals surface area contributed by atoms with E-state index in [4.69, 9.17) is 31.4 Å². The minimum atomic E-state index is -1.74. The number of carbonyl (C=O) groups is 13. The summed E-state index contributed by atoms with van der Waals surface area (Å²) in [7, 11) is 0. The van der Waals surface area contributed by atoms with Gasteiger partial charge in [0.25, 0.3) is 0 Å². The third-order valence-electron chi connectivity index (χ3n) is 19.5. The van der Waals surface area contributed by atoms with E-state index in [1.165, 1.54) is 40.2 Å². The molecule has 37 heteroatoms. The topological polar surface area (TPSA) is 501 Å². The van der Waals surface area contributed by atoms with E-state index in [1.54, 1.807) is 30.3 Å². The number of aliphatic hydroxyl groups excluding tert-OH is 1. The predicted molar refractivity (Wildman–Crippen MR) is 425 cm³/mol. The van der Waals surface area contributed by atoms with Crippen molar-refractivity contribution in [1.29, 1.82) is 0 Å². The molecule has 113 heavy (non-hydrogen) atoms. The summed E-state index contributed by atoms with van der Waals surface area (Å²) in [4.78, 5) is 185. The van der Waals surface area contributed by atoms with E-state index in [2.05, 4.69) is 53.2 Å². The average molecular weight is 1630 g/mol. The van der Waals surface area contributed by atoms with Crippen LogP contribution >= 0.6 is 23.5 Å². The lowest BCUT2D eigenvalue weighted by Gasteiger charge is -2.36. The van der Waals surface area contributed by atoms with E-state index >= 15 is 4.79 Å². The molecule has 2 bridgehead atoms. The second kappa shape index (κ2) is 52.4. The smallest absolute Gasteiger partial charge is 0.327 e. The van der Waals surface area contributed by atoms with Crippen LogP contribution in [0.2, 0.25) is 0 Å². The van der Waals surface area contributed by atoms with Crippen LogP contribution in [0.3, 0.4) is 0 Å². The summed E-state index contributed by atoms with van der Waals surface area (Å²) < 4.78 is 16.9. The molecule has 0 radical (unpaired) electrons. The number of carboxylic acid groups (broad SMARTS) is 1. The lowest BCUT2D eigenvalue weighted by atomic mass is 10.0. The van der Waals surface area contributed by atoms with Crippen LogP contribution < -0.4 is 70.4 Å². The molecule has 35 nitrogen and oxygen atoms in total. The number of aliphatic carboxylic acids is 1. The summed E-state index contributed by atoms with van der Waals surface area (Å²) in [5.74, 6) is -8.41. The number of benzene rings is 2. The number of hydrogen-bond donors (Lipinski definition) is 15. The quantitative estimate of drug-likeness (QED) is 0.0294. The largest absolute Gasteiger partial charge is 0.480 e. The van der Waals surface area contributed by atoms with Gasteiger partial charge in [0, 0.05) is 154 Å². The minimum absolute atomic E-state index is 0.00356. The van der Waals surface area contributed by atoms with Gasteiger partial charge in [0.05, 0.1) is 45.0 Å². The van der Waals surface area contributed by atoms with Gasteiger partial charge in [0.1, 0.15) is 48.3 Å². The first-order chi connectivity index (χ1) is 54.5. The van der Waals surface area contributed by atoms with E-state index in [0.717, 1.165) is 11.1 Å². The normalized spacial score (nSPS) is 21.3. The number of amides is 12. The number of primary amides is 1. The highest BCUT2D eigenvalue weighted by molar-refractivity contribution is 7.98. The van der Waals surface area contributed by atoms with Crippen molar-refractivity contribution >= 4 is 100 Å². The molecule has 0 spiro atoms. The van der Waals surface area contributed by atoms with Gasteiger partial charge in [-0.25, -0.2) is 4.79 Å². The number of carbonyl (C=O) groups excluding carboxylic acids is 12. The number of rotatable bonds is 41. The van der Waals surface area contributed by atoms with Crippen molar-refractivity contribution in [3.05, 3.63) is 71.3 Å². The Morgan fingerprint density at radius 1 is 0.619 bits per heavy atom. The number of piperazine rings is 1. The van der Waals surface area contributed by atoms with Crippen molar-refractivity contribution in [3.63, 3.8) is 0 Å². The maximum atomic E-state index is 15.1. The molecule has 3 fully saturated rings. The molecule has 18 N–H and O–H groups in total. The van der Waals surface area contributed by atoms with Crippen molar-refractivity contribution in [1.82, 2.24) is 72.8 Å². The fraction of sp³-hybridized carbons (Fsp3) is 0.671. The predicted octanol–water partition coefficient (Wildman–Crippen LogP) is -3.08. The maximum Gasteiger partial charge on any atom is 0.327 e. The number of nitrogens with two attached hydrogens (primary N) is 3. The van der Waals surface area contributed by atoms with E-state index in [-0.39, 0.29) is 106 Å². The Balaban J connectivity index is 0.985. The molecular formula is C76H121N17O18S2. The standard InChI is InChI=1S/C76H121N17O18S2/c1-3-4-17-56(84-65(97)23-22-64(96)82-26-11-36-109-38-40-111-41-39-110-37-12-27-83-66(98)46-90-32-34-91(35-33-90)73(104)55(44-80-28-24-77)45-81-29-25-78)68(99)87-59-49-112-47-53-15-8-16-54(42-53)48-113-50-60(76(107)108)88-70(101)58(43-52-13-6-5-7-14-52)86-69(100)57(20-21-63(79)95)85-72(103)67(51(2)94)89-71(102)61-18-9-30-92(61)75(106)62-19-10-31-93(62)74(59)105/h5-8,13-16,42,51,55-62,67,80-81,94H,3-4,9-12,17-41,43-50,77-78H2,1-2H3,(H2,79,95)(H,82,96)(H,83,98)(H,84,97)(H,85,103)(H,86,100)(H,87,99)(H,88,101)(H,89,102)(H,107,108)/t51-,56+,57+,58+,59+,60?,61+,62+,67+/m1/s1. The molecule has 4 aliphatic rings. The van der Waals surface area contributed by atoms with Crippen molar-refractivity contribution in [2.75, 3.05) is 149 Å². The van der Waals surface area contributed by atoms with Gasteiger partial charge in [-0.2, -0.15) is 23.5 Å². The average Bonchev–Trinajstić information content (AvgIpc) is 1.67. The van der Waals surface area contributed by atoms with Crippen LogP contribution in [0.15, 0.2) is 54.6 Å². The van der Waals surface area contributed by atoms with Crippen molar-refractivity contribution in [3.8, 4) is 0 Å². The fourth-order valence-electron chi connectivity index (χ4n) is 13.3. The molecule has 2 aromatic rings. The first-order valence-corrected chi connectivity index (χ1v) is 41.8. The Labute approximate surface area is 670 Å². The van der Waals surface area contributed by atoms with Crippen LogP contribution in [0.5, 0.6) is 0 Å². The Morgan fingerprint density at radius 2 is 1.19 bits per heavy atom. The van der Waals surface area contributed by atoms with Gasteiger partial charge in [0.2, 0.25) is 70.9 Å². The molecular weight excluding hydrogens is 1500 g/mol. The molecule has 0 saturated carbocycles. The van der Waals surface area contributed by atoms with E-state index in [1.807, 2.05) is 41.0 Å². The highest BCUT2D eigenvalue weighted by atomic mass is 32.2. The third-order valence-corrected chi connectivity index (χ3v) is 21.7. The first kappa shape index (κ1) is 93.7. The number of fused-ring (bicyclic) bond motifs is 4. The van der Waals surface area contributed by atoms with Crippen molar-refractivity contribution in [2.24, 2.45) is 23.1 Å². The van der Waals surface area contributed by atoms with Crippen molar-refractivity contribution < 1.29 is 86.8 Å². The van der Waals surface area contributed by atoms with Crippen LogP contribution in [-0.2, 0) is 94.5 Å². The van der Waals surface area contributed by atoms with Crippen LogP contribution in [0.25, 0.3) is 0 Å². The number of aliphatic hydroxyl groups is 1. The molecule has 9 atom stereocenters. The van der Waals surface area contributed by atoms with Crippen LogP contribution in [0.4, 0.5) is 0 Å². The number of carboxylic acids is 1. The molecule has 4 heterocycles. The number of thioether (sulfide) groups is 2. The molecule has 6 rings (SSSR count). The lowest BCUT2D eigenvalue weighted by Crippen LogP contribution is -2.61. The Bertz CT molecular complexity index is 3360. The van der Waals surface area contributed by atoms with Crippen LogP contribution in [0, 0.1) is 5.92 Å². The third kappa shape index (κ3) is 34.1. The van der Waals surface area contributed by atoms with Gasteiger partial charge in [0.15, 0.2) is 0 Å². The lowest BCUT2D eigenvalue weighted by molar-refractivity contribution is -0.148. The number of unbranched alkanes of at least 4 members (excludes halogenated alkanes) is 1. The summed E-state index contributed by atoms with van der Waals surface area (Å²) in [6, 6.07) is 5.18. The summed E-state index contributed by atoms with van der Waals surface area (Å²) in [6.07, 6.45) is 0.600. The van der Waals surface area contributed by atoms with Gasteiger partial charge in [-0.3, -0.25) is 62.4 Å². The molecule has 4 aliphatic heterocycles.